The van der Waals surface area contributed by atoms with E-state index in [1.54, 1.807) is 54.6 Å². The van der Waals surface area contributed by atoms with Crippen LogP contribution in [0.25, 0.3) is 0 Å². The summed E-state index contributed by atoms with van der Waals surface area (Å²) in [6, 6.07) is 24.5. The van der Waals surface area contributed by atoms with E-state index in [1.807, 2.05) is 30.3 Å². The molecule has 0 heterocycles. The molecule has 2 aliphatic carbocycles. The van der Waals surface area contributed by atoms with Crippen LogP contribution >= 0.6 is 0 Å². The molecule has 176 valence electrons. The first kappa shape index (κ1) is 22.5. The third-order valence-corrected chi connectivity index (χ3v) is 8.59. The number of rotatable bonds is 8. The molecule has 0 saturated heterocycles. The predicted molar refractivity (Wildman–Crippen MR) is 131 cm³/mol. The van der Waals surface area contributed by atoms with Crippen LogP contribution in [0, 0.1) is 11.8 Å². The van der Waals surface area contributed by atoms with Gasteiger partial charge in [0.2, 0.25) is 5.91 Å². The van der Waals surface area contributed by atoms with E-state index in [2.05, 4.69) is 5.32 Å². The van der Waals surface area contributed by atoms with Gasteiger partial charge in [0.25, 0.3) is 10.0 Å². The predicted octanol–water partition coefficient (Wildman–Crippen LogP) is 4.98. The summed E-state index contributed by atoms with van der Waals surface area (Å²) in [6.07, 6.45) is 4.54. The number of hydrogen-bond donors (Lipinski definition) is 1. The molecule has 34 heavy (non-hydrogen) atoms. The van der Waals surface area contributed by atoms with Gasteiger partial charge < -0.3 is 10.1 Å². The van der Waals surface area contributed by atoms with Crippen LogP contribution in [0.5, 0.6) is 11.5 Å². The first-order valence-corrected chi connectivity index (χ1v) is 13.1. The van der Waals surface area contributed by atoms with Crippen LogP contribution in [0.15, 0.2) is 89.8 Å². The summed E-state index contributed by atoms with van der Waals surface area (Å²) in [6.45, 7) is -0.274. The van der Waals surface area contributed by atoms with Gasteiger partial charge in [0, 0.05) is 6.04 Å². The van der Waals surface area contributed by atoms with Gasteiger partial charge in [-0.15, -0.1) is 0 Å². The smallest absolute Gasteiger partial charge is 0.264 e. The van der Waals surface area contributed by atoms with Gasteiger partial charge in [-0.05, 0) is 79.6 Å². The van der Waals surface area contributed by atoms with Crippen molar-refractivity contribution in [1.29, 1.82) is 0 Å². The summed E-state index contributed by atoms with van der Waals surface area (Å²) in [5, 5.41) is 3.11. The highest BCUT2D eigenvalue weighted by atomic mass is 32.2. The minimum atomic E-state index is -3.93. The van der Waals surface area contributed by atoms with Crippen LogP contribution in [0.1, 0.15) is 25.7 Å². The van der Waals surface area contributed by atoms with Gasteiger partial charge in [0.15, 0.2) is 0 Å². The maximum Gasteiger partial charge on any atom is 0.264 e. The Kier molecular flexibility index (Phi) is 6.28. The molecule has 6 nitrogen and oxygen atoms in total. The summed E-state index contributed by atoms with van der Waals surface area (Å²) < 4.78 is 34.1. The highest BCUT2D eigenvalue weighted by Gasteiger charge is 2.40. The van der Waals surface area contributed by atoms with E-state index in [0.717, 1.165) is 12.8 Å². The fourth-order valence-electron chi connectivity index (χ4n) is 5.14. The van der Waals surface area contributed by atoms with Gasteiger partial charge in [-0.2, -0.15) is 0 Å². The van der Waals surface area contributed by atoms with Crippen molar-refractivity contribution in [3.63, 3.8) is 0 Å². The van der Waals surface area contributed by atoms with Crippen molar-refractivity contribution >= 4 is 21.6 Å². The van der Waals surface area contributed by atoms with Crippen LogP contribution in [-0.2, 0) is 14.8 Å². The summed E-state index contributed by atoms with van der Waals surface area (Å²) >= 11 is 0. The molecular formula is C27H28N2O4S. The van der Waals surface area contributed by atoms with Crippen LogP contribution in [0.2, 0.25) is 0 Å². The van der Waals surface area contributed by atoms with Crippen LogP contribution in [-0.4, -0.2) is 26.9 Å². The molecule has 2 fully saturated rings. The number of carbonyl (C=O) groups is 1. The second-order valence-electron chi connectivity index (χ2n) is 9.08. The van der Waals surface area contributed by atoms with E-state index in [9.17, 15) is 13.2 Å². The molecule has 0 unspecified atom stereocenters. The zero-order chi connectivity index (χ0) is 23.5. The Balaban J connectivity index is 1.38. The molecule has 1 amide bonds. The summed E-state index contributed by atoms with van der Waals surface area (Å²) in [4.78, 5) is 13.1. The molecule has 3 atom stereocenters. The number of hydrogen-bond acceptors (Lipinski definition) is 4. The van der Waals surface area contributed by atoms with Crippen LogP contribution < -0.4 is 14.4 Å². The van der Waals surface area contributed by atoms with Crippen LogP contribution in [0.3, 0.4) is 0 Å². The third-order valence-electron chi connectivity index (χ3n) is 6.81. The largest absolute Gasteiger partial charge is 0.457 e. The number of fused-ring (bicyclic) bond motifs is 2. The second-order valence-corrected chi connectivity index (χ2v) is 10.9. The second kappa shape index (κ2) is 9.50. The van der Waals surface area contributed by atoms with Crippen molar-refractivity contribution in [2.45, 2.75) is 36.6 Å². The maximum absolute atomic E-state index is 13.5. The molecule has 7 heteroatoms. The zero-order valence-electron chi connectivity index (χ0n) is 18.8. The van der Waals surface area contributed by atoms with E-state index in [4.69, 9.17) is 4.74 Å². The minimum Gasteiger partial charge on any atom is -0.457 e. The number of carbonyl (C=O) groups excluding carboxylic acids is 1. The fraction of sp³-hybridized carbons (Fsp3) is 0.296. The number of benzene rings is 3. The Bertz CT molecular complexity index is 1230. The van der Waals surface area contributed by atoms with Crippen molar-refractivity contribution in [3.05, 3.63) is 84.9 Å². The lowest BCUT2D eigenvalue weighted by Crippen LogP contribution is -2.45. The number of nitrogens with zero attached hydrogens (tertiary/aromatic N) is 1. The number of amides is 1. The molecule has 3 aromatic carbocycles. The van der Waals surface area contributed by atoms with Gasteiger partial charge in [0.1, 0.15) is 18.0 Å². The standard InChI is InChI=1S/C27H28N2O4S/c30-27(28-26-18-20-11-12-21(26)17-20)19-29(34(31,32)25-9-5-2-6-10-25)22-13-15-24(16-14-22)33-23-7-3-1-4-8-23/h1-10,13-16,20-21,26H,11-12,17-19H2,(H,28,30)/t20-,21-,26-/m1/s1. The topological polar surface area (TPSA) is 75.7 Å². The molecule has 0 aromatic heterocycles. The van der Waals surface area contributed by atoms with Crippen molar-refractivity contribution in [3.8, 4) is 11.5 Å². The highest BCUT2D eigenvalue weighted by molar-refractivity contribution is 7.92. The first-order chi connectivity index (χ1) is 16.5. The van der Waals surface area contributed by atoms with Crippen molar-refractivity contribution < 1.29 is 17.9 Å². The van der Waals surface area contributed by atoms with Crippen molar-refractivity contribution in [1.82, 2.24) is 5.32 Å². The Morgan fingerprint density at radius 2 is 1.50 bits per heavy atom. The molecule has 5 rings (SSSR count). The van der Waals surface area contributed by atoms with Crippen molar-refractivity contribution in [2.75, 3.05) is 10.8 Å². The Labute approximate surface area is 200 Å². The molecule has 2 aliphatic rings. The minimum absolute atomic E-state index is 0.146. The Morgan fingerprint density at radius 1 is 0.853 bits per heavy atom. The van der Waals surface area contributed by atoms with E-state index < -0.39 is 10.0 Å². The van der Waals surface area contributed by atoms with E-state index in [1.165, 1.54) is 17.1 Å². The normalized spacial score (nSPS) is 21.2. The van der Waals surface area contributed by atoms with Gasteiger partial charge in [-0.25, -0.2) is 8.42 Å². The SMILES string of the molecule is O=C(CN(c1ccc(Oc2ccccc2)cc1)S(=O)(=O)c1ccccc1)N[C@@H]1C[C@@H]2CC[C@@H]1C2. The average molecular weight is 477 g/mol. The van der Waals surface area contributed by atoms with Gasteiger partial charge in [-0.1, -0.05) is 42.8 Å². The molecule has 0 radical (unpaired) electrons. The zero-order valence-corrected chi connectivity index (χ0v) is 19.7. The Morgan fingerprint density at radius 3 is 2.12 bits per heavy atom. The lowest BCUT2D eigenvalue weighted by atomic mass is 9.95. The summed E-state index contributed by atoms with van der Waals surface area (Å²) in [5.41, 5.74) is 0.410. The van der Waals surface area contributed by atoms with Gasteiger partial charge >= 0.3 is 0 Å². The molecular weight excluding hydrogens is 448 g/mol. The van der Waals surface area contributed by atoms with Crippen LogP contribution in [0.4, 0.5) is 5.69 Å². The lowest BCUT2D eigenvalue weighted by Gasteiger charge is -2.27. The number of sulfonamides is 1. The third kappa shape index (κ3) is 4.80. The maximum atomic E-state index is 13.5. The summed E-state index contributed by atoms with van der Waals surface area (Å²) in [5.74, 6) is 2.20. The first-order valence-electron chi connectivity index (χ1n) is 11.7. The molecule has 0 aliphatic heterocycles. The number of anilines is 1. The molecule has 2 bridgehead atoms. The van der Waals surface area contributed by atoms with Crippen molar-refractivity contribution in [2.24, 2.45) is 11.8 Å². The van der Waals surface area contributed by atoms with E-state index in [-0.39, 0.29) is 23.4 Å². The molecule has 2 saturated carbocycles. The number of nitrogens with one attached hydrogen (secondary N) is 1. The quantitative estimate of drug-likeness (QED) is 0.498. The van der Waals surface area contributed by atoms with E-state index in [0.29, 0.717) is 29.0 Å². The highest BCUT2D eigenvalue weighted by Crippen LogP contribution is 2.44. The van der Waals surface area contributed by atoms with E-state index >= 15 is 0 Å². The average Bonchev–Trinajstić information content (AvgIpc) is 3.48. The lowest BCUT2D eigenvalue weighted by molar-refractivity contribution is -0.120. The number of ether oxygens (including phenoxy) is 1. The molecule has 3 aromatic rings. The van der Waals surface area contributed by atoms with Gasteiger partial charge in [-0.3, -0.25) is 9.10 Å². The fourth-order valence-corrected chi connectivity index (χ4v) is 6.59. The molecule has 0 spiro atoms. The Hall–Kier alpha value is -3.32. The monoisotopic (exact) mass is 476 g/mol. The van der Waals surface area contributed by atoms with Gasteiger partial charge in [0.05, 0.1) is 10.6 Å². The number of para-hydroxylation sites is 1. The summed E-state index contributed by atoms with van der Waals surface area (Å²) in [7, 11) is -3.93. The molecule has 1 N–H and O–H groups in total.